The maximum atomic E-state index is 13.1. The van der Waals surface area contributed by atoms with Gasteiger partial charge in [-0.25, -0.2) is 0 Å². The third-order valence-corrected chi connectivity index (χ3v) is 6.62. The van der Waals surface area contributed by atoms with E-state index in [0.717, 1.165) is 56.9 Å². The number of aliphatic hydroxyl groups is 1. The molecule has 3 aliphatic rings. The first kappa shape index (κ1) is 18.7. The van der Waals surface area contributed by atoms with Gasteiger partial charge in [0.05, 0.1) is 23.8 Å². The molecule has 6 heteroatoms. The molecule has 4 heterocycles. The molecule has 0 bridgehead atoms. The lowest BCUT2D eigenvalue weighted by molar-refractivity contribution is -0.150. The number of amides is 1. The van der Waals surface area contributed by atoms with Gasteiger partial charge in [0.2, 0.25) is 5.91 Å². The van der Waals surface area contributed by atoms with Crippen molar-refractivity contribution >= 4 is 5.91 Å². The Labute approximate surface area is 171 Å². The van der Waals surface area contributed by atoms with Gasteiger partial charge in [-0.15, -0.1) is 0 Å². The van der Waals surface area contributed by atoms with E-state index < -0.39 is 0 Å². The Morgan fingerprint density at radius 1 is 1.07 bits per heavy atom. The van der Waals surface area contributed by atoms with Crippen LogP contribution in [0, 0.1) is 0 Å². The number of rotatable bonds is 4. The van der Waals surface area contributed by atoms with Crippen molar-refractivity contribution in [1.82, 2.24) is 19.7 Å². The number of nitrogens with zero attached hydrogens (tertiary/aromatic N) is 4. The number of fused-ring (bicyclic) bond motifs is 2. The first-order valence-corrected chi connectivity index (χ1v) is 10.5. The number of carbonyl (C=O) groups is 1. The highest BCUT2D eigenvalue weighted by Crippen LogP contribution is 2.39. The smallest absolute Gasteiger partial charge is 0.227 e. The second kappa shape index (κ2) is 7.52. The zero-order chi connectivity index (χ0) is 19.8. The third-order valence-electron chi connectivity index (χ3n) is 6.62. The number of carbonyl (C=O) groups excluding carboxylic acids is 1. The number of pyridine rings is 1. The first-order valence-electron chi connectivity index (χ1n) is 10.5. The molecule has 3 aliphatic heterocycles. The van der Waals surface area contributed by atoms with Crippen molar-refractivity contribution in [3.8, 4) is 0 Å². The van der Waals surface area contributed by atoms with E-state index in [1.807, 2.05) is 53.6 Å². The van der Waals surface area contributed by atoms with Crippen LogP contribution < -0.4 is 0 Å². The van der Waals surface area contributed by atoms with Crippen molar-refractivity contribution in [2.75, 3.05) is 32.7 Å². The molecule has 1 N–H and O–H groups in total. The largest absolute Gasteiger partial charge is 0.392 e. The maximum absolute atomic E-state index is 13.1. The fraction of sp³-hybridized carbons (Fsp3) is 0.478. The summed E-state index contributed by atoms with van der Waals surface area (Å²) in [7, 11) is 0. The summed E-state index contributed by atoms with van der Waals surface area (Å²) in [5.74, 6) is 0.194. The molecule has 5 rings (SSSR count). The van der Waals surface area contributed by atoms with Gasteiger partial charge in [0, 0.05) is 51.5 Å². The fourth-order valence-corrected chi connectivity index (χ4v) is 5.38. The Kier molecular flexibility index (Phi) is 4.86. The van der Waals surface area contributed by atoms with Gasteiger partial charge in [-0.3, -0.25) is 19.6 Å². The van der Waals surface area contributed by atoms with Gasteiger partial charge >= 0.3 is 0 Å². The van der Waals surface area contributed by atoms with Gasteiger partial charge in [-0.2, -0.15) is 0 Å². The van der Waals surface area contributed by atoms with Crippen molar-refractivity contribution in [2.24, 2.45) is 0 Å². The molecule has 1 spiro atoms. The van der Waals surface area contributed by atoms with Gasteiger partial charge in [-0.05, 0) is 24.1 Å². The van der Waals surface area contributed by atoms with Crippen LogP contribution in [0.2, 0.25) is 0 Å². The topological polar surface area (TPSA) is 59.9 Å². The molecule has 0 radical (unpaired) electrons. The predicted molar refractivity (Wildman–Crippen MR) is 110 cm³/mol. The monoisotopic (exact) mass is 392 g/mol. The molecule has 0 aliphatic carbocycles. The maximum Gasteiger partial charge on any atom is 0.227 e. The SMILES string of the molecule is O=C(Cc1ccccc1)N1C[C@@H]2C[C@@H](O)CN2C2(CN(Cc3ccccn3)C2)C1. The van der Waals surface area contributed by atoms with E-state index in [9.17, 15) is 9.90 Å². The Morgan fingerprint density at radius 3 is 2.62 bits per heavy atom. The lowest BCUT2D eigenvalue weighted by atomic mass is 9.83. The molecule has 2 aromatic rings. The standard InChI is InChI=1S/C23H28N4O2/c28-21-11-20-13-26(22(29)10-18-6-2-1-3-7-18)17-23(27(20)14-21)15-25(16-23)12-19-8-4-5-9-24-19/h1-9,20-21,28H,10-17H2/t20-,21+/m0/s1. The Bertz CT molecular complexity index is 854. The van der Waals surface area contributed by atoms with E-state index in [0.29, 0.717) is 6.42 Å². The van der Waals surface area contributed by atoms with Crippen LogP contribution in [0.25, 0.3) is 0 Å². The molecule has 3 saturated heterocycles. The lowest BCUT2D eigenvalue weighted by Gasteiger charge is -2.61. The summed E-state index contributed by atoms with van der Waals surface area (Å²) < 4.78 is 0. The van der Waals surface area contributed by atoms with Crippen molar-refractivity contribution in [3.05, 3.63) is 66.0 Å². The second-order valence-electron chi connectivity index (χ2n) is 8.82. The van der Waals surface area contributed by atoms with E-state index in [1.165, 1.54) is 0 Å². The molecule has 152 valence electrons. The molecule has 1 aromatic carbocycles. The second-order valence-corrected chi connectivity index (χ2v) is 8.82. The molecular formula is C23H28N4O2. The van der Waals surface area contributed by atoms with E-state index >= 15 is 0 Å². The van der Waals surface area contributed by atoms with Crippen molar-refractivity contribution in [3.63, 3.8) is 0 Å². The molecule has 29 heavy (non-hydrogen) atoms. The summed E-state index contributed by atoms with van der Waals surface area (Å²) in [5.41, 5.74) is 2.10. The van der Waals surface area contributed by atoms with E-state index in [2.05, 4.69) is 20.9 Å². The fourth-order valence-electron chi connectivity index (χ4n) is 5.38. The zero-order valence-corrected chi connectivity index (χ0v) is 16.7. The van der Waals surface area contributed by atoms with Crippen LogP contribution in [0.15, 0.2) is 54.7 Å². The molecule has 6 nitrogen and oxygen atoms in total. The highest BCUT2D eigenvalue weighted by molar-refractivity contribution is 5.79. The predicted octanol–water partition coefficient (Wildman–Crippen LogP) is 1.16. The summed E-state index contributed by atoms with van der Waals surface area (Å²) in [6, 6.07) is 16.3. The molecule has 0 saturated carbocycles. The van der Waals surface area contributed by atoms with Crippen LogP contribution >= 0.6 is 0 Å². The van der Waals surface area contributed by atoms with Gasteiger partial charge in [0.1, 0.15) is 0 Å². The molecule has 1 amide bonds. The van der Waals surface area contributed by atoms with Crippen LogP contribution in [0.3, 0.4) is 0 Å². The zero-order valence-electron chi connectivity index (χ0n) is 16.7. The number of β-amino-alcohol motifs (C(OH)–C–C–N with tert-alkyl or cyclic N) is 1. The van der Waals surface area contributed by atoms with Gasteiger partial charge in [0.15, 0.2) is 0 Å². The molecule has 1 aromatic heterocycles. The Morgan fingerprint density at radius 2 is 1.86 bits per heavy atom. The van der Waals surface area contributed by atoms with Crippen LogP contribution in [0.5, 0.6) is 0 Å². The number of benzene rings is 1. The van der Waals surface area contributed by atoms with Crippen molar-refractivity contribution in [1.29, 1.82) is 0 Å². The molecule has 2 atom stereocenters. The van der Waals surface area contributed by atoms with Gasteiger partial charge in [-0.1, -0.05) is 36.4 Å². The Balaban J connectivity index is 1.29. The highest BCUT2D eigenvalue weighted by Gasteiger charge is 2.56. The molecule has 3 fully saturated rings. The first-order chi connectivity index (χ1) is 14.1. The quantitative estimate of drug-likeness (QED) is 0.846. The minimum absolute atomic E-state index is 0.0402. The summed E-state index contributed by atoms with van der Waals surface area (Å²) >= 11 is 0. The average Bonchev–Trinajstić information content (AvgIpc) is 3.09. The number of aromatic nitrogens is 1. The van der Waals surface area contributed by atoms with E-state index in [4.69, 9.17) is 0 Å². The van der Waals surface area contributed by atoms with Gasteiger partial charge in [0.25, 0.3) is 0 Å². The summed E-state index contributed by atoms with van der Waals surface area (Å²) in [6.45, 7) is 4.87. The van der Waals surface area contributed by atoms with Crippen LogP contribution in [-0.2, 0) is 17.8 Å². The van der Waals surface area contributed by atoms with Crippen LogP contribution in [-0.4, -0.2) is 81.1 Å². The Hall–Kier alpha value is -2.28. The van der Waals surface area contributed by atoms with Crippen molar-refractivity contribution in [2.45, 2.75) is 37.1 Å². The van der Waals surface area contributed by atoms with Crippen LogP contribution in [0.1, 0.15) is 17.7 Å². The van der Waals surface area contributed by atoms with E-state index in [-0.39, 0.29) is 23.6 Å². The van der Waals surface area contributed by atoms with Crippen LogP contribution in [0.4, 0.5) is 0 Å². The molecular weight excluding hydrogens is 364 g/mol. The third kappa shape index (κ3) is 3.68. The highest BCUT2D eigenvalue weighted by atomic mass is 16.3. The lowest BCUT2D eigenvalue weighted by Crippen LogP contribution is -2.78. The molecule has 0 unspecified atom stereocenters. The average molecular weight is 393 g/mol. The minimum Gasteiger partial charge on any atom is -0.392 e. The summed E-state index contributed by atoms with van der Waals surface area (Å²) in [6.07, 6.45) is 2.76. The number of hydrogen-bond donors (Lipinski definition) is 1. The van der Waals surface area contributed by atoms with Gasteiger partial charge < -0.3 is 10.0 Å². The van der Waals surface area contributed by atoms with E-state index in [1.54, 1.807) is 0 Å². The number of likely N-dealkylation sites (tertiary alicyclic amines) is 1. The number of hydrogen-bond acceptors (Lipinski definition) is 5. The number of piperazine rings is 1. The number of aliphatic hydroxyl groups excluding tert-OH is 1. The normalized spacial score (nSPS) is 26.3. The van der Waals surface area contributed by atoms with Crippen molar-refractivity contribution < 1.29 is 9.90 Å². The summed E-state index contributed by atoms with van der Waals surface area (Å²) in [4.78, 5) is 24.4. The minimum atomic E-state index is -0.286. The summed E-state index contributed by atoms with van der Waals surface area (Å²) in [5, 5.41) is 10.3.